The van der Waals surface area contributed by atoms with E-state index in [-0.39, 0.29) is 10.8 Å². The van der Waals surface area contributed by atoms with Crippen molar-refractivity contribution in [1.82, 2.24) is 9.03 Å². The number of sulfonamides is 2. The lowest BCUT2D eigenvalue weighted by molar-refractivity contribution is 0.275. The van der Waals surface area contributed by atoms with Crippen LogP contribution in [0.3, 0.4) is 0 Å². The molecule has 1 heterocycles. The summed E-state index contributed by atoms with van der Waals surface area (Å²) in [5.74, 6) is 0.435. The zero-order valence-electron chi connectivity index (χ0n) is 14.9. The van der Waals surface area contributed by atoms with Crippen molar-refractivity contribution in [3.8, 4) is 5.75 Å². The van der Waals surface area contributed by atoms with Crippen LogP contribution in [0.2, 0.25) is 0 Å². The summed E-state index contributed by atoms with van der Waals surface area (Å²) in [6.07, 6.45) is 3.21. The molecule has 1 N–H and O–H groups in total. The Labute approximate surface area is 150 Å². The SMILES string of the molecule is CCc1ccc(OC)c(S(=O)(=O)NCC2CCN(S(C)(=O)=O)CC2)c1. The van der Waals surface area contributed by atoms with Crippen LogP contribution in [0.5, 0.6) is 5.75 Å². The third-order valence-electron chi connectivity index (χ3n) is 4.53. The minimum absolute atomic E-state index is 0.119. The Morgan fingerprint density at radius 3 is 2.36 bits per heavy atom. The fraction of sp³-hybridized carbons (Fsp3) is 0.625. The zero-order chi connectivity index (χ0) is 18.7. The summed E-state index contributed by atoms with van der Waals surface area (Å²) < 4.78 is 57.6. The molecule has 0 atom stereocenters. The van der Waals surface area contributed by atoms with E-state index in [1.807, 2.05) is 13.0 Å². The van der Waals surface area contributed by atoms with Crippen LogP contribution < -0.4 is 9.46 Å². The van der Waals surface area contributed by atoms with Gasteiger partial charge in [0.15, 0.2) is 0 Å². The number of hydrogen-bond donors (Lipinski definition) is 1. The van der Waals surface area contributed by atoms with E-state index in [0.717, 1.165) is 12.0 Å². The highest BCUT2D eigenvalue weighted by molar-refractivity contribution is 7.89. The molecule has 0 unspecified atom stereocenters. The Bertz CT molecular complexity index is 798. The number of ether oxygens (including phenoxy) is 1. The summed E-state index contributed by atoms with van der Waals surface area (Å²) >= 11 is 0. The molecule has 9 heteroatoms. The van der Waals surface area contributed by atoms with E-state index in [9.17, 15) is 16.8 Å². The third kappa shape index (κ3) is 5.16. The topological polar surface area (TPSA) is 92.8 Å². The number of piperidine rings is 1. The number of hydrogen-bond acceptors (Lipinski definition) is 5. The van der Waals surface area contributed by atoms with E-state index in [4.69, 9.17) is 4.74 Å². The lowest BCUT2D eigenvalue weighted by atomic mass is 9.99. The molecule has 1 saturated heterocycles. The zero-order valence-corrected chi connectivity index (χ0v) is 16.5. The standard InChI is InChI=1S/C16H26N2O5S2/c1-4-13-5-6-15(23-2)16(11-13)25(21,22)17-12-14-7-9-18(10-8-14)24(3,19)20/h5-6,11,14,17H,4,7-10,12H2,1-3H3. The van der Waals surface area contributed by atoms with Crippen LogP contribution in [0, 0.1) is 5.92 Å². The van der Waals surface area contributed by atoms with Gasteiger partial charge in [0.2, 0.25) is 20.0 Å². The number of rotatable bonds is 7. The van der Waals surface area contributed by atoms with Crippen LogP contribution in [0.25, 0.3) is 0 Å². The van der Waals surface area contributed by atoms with Gasteiger partial charge in [0, 0.05) is 19.6 Å². The van der Waals surface area contributed by atoms with Gasteiger partial charge in [0.1, 0.15) is 10.6 Å². The fourth-order valence-electron chi connectivity index (χ4n) is 2.90. The van der Waals surface area contributed by atoms with E-state index in [0.29, 0.717) is 38.2 Å². The third-order valence-corrected chi connectivity index (χ3v) is 7.28. The van der Waals surface area contributed by atoms with Crippen LogP contribution in [0.4, 0.5) is 0 Å². The van der Waals surface area contributed by atoms with Gasteiger partial charge < -0.3 is 4.74 Å². The van der Waals surface area contributed by atoms with Gasteiger partial charge >= 0.3 is 0 Å². The first-order valence-electron chi connectivity index (χ1n) is 8.29. The van der Waals surface area contributed by atoms with Crippen molar-refractivity contribution in [3.63, 3.8) is 0 Å². The molecular weight excluding hydrogens is 364 g/mol. The number of aryl methyl sites for hydroxylation is 1. The molecular formula is C16H26N2O5S2. The molecule has 142 valence electrons. The molecule has 0 bridgehead atoms. The van der Waals surface area contributed by atoms with Gasteiger partial charge in [0.05, 0.1) is 13.4 Å². The monoisotopic (exact) mass is 390 g/mol. The summed E-state index contributed by atoms with van der Waals surface area (Å²) in [7, 11) is -5.41. The van der Waals surface area contributed by atoms with Gasteiger partial charge in [-0.05, 0) is 42.9 Å². The number of methoxy groups -OCH3 is 1. The second-order valence-corrected chi connectivity index (χ2v) is 10.0. The molecule has 7 nitrogen and oxygen atoms in total. The molecule has 1 aliphatic heterocycles. The number of benzene rings is 1. The van der Waals surface area contributed by atoms with Crippen molar-refractivity contribution in [2.24, 2.45) is 5.92 Å². The van der Waals surface area contributed by atoms with Gasteiger partial charge in [-0.3, -0.25) is 0 Å². The highest BCUT2D eigenvalue weighted by atomic mass is 32.2. The van der Waals surface area contributed by atoms with Gasteiger partial charge in [-0.2, -0.15) is 0 Å². The molecule has 1 aromatic carbocycles. The van der Waals surface area contributed by atoms with Gasteiger partial charge in [0.25, 0.3) is 0 Å². The minimum atomic E-state index is -3.68. The fourth-order valence-corrected chi connectivity index (χ4v) is 5.11. The molecule has 0 spiro atoms. The molecule has 0 amide bonds. The highest BCUT2D eigenvalue weighted by Gasteiger charge is 2.27. The van der Waals surface area contributed by atoms with Crippen LogP contribution >= 0.6 is 0 Å². The van der Waals surface area contributed by atoms with E-state index >= 15 is 0 Å². The lowest BCUT2D eigenvalue weighted by Gasteiger charge is -2.30. The number of nitrogens with zero attached hydrogens (tertiary/aromatic N) is 1. The van der Waals surface area contributed by atoms with E-state index in [1.165, 1.54) is 17.7 Å². The summed E-state index contributed by atoms with van der Waals surface area (Å²) in [5, 5.41) is 0. The number of nitrogens with one attached hydrogen (secondary N) is 1. The molecule has 1 aromatic rings. The van der Waals surface area contributed by atoms with E-state index in [1.54, 1.807) is 12.1 Å². The minimum Gasteiger partial charge on any atom is -0.495 e. The molecule has 0 radical (unpaired) electrons. The van der Waals surface area contributed by atoms with Crippen molar-refractivity contribution in [3.05, 3.63) is 23.8 Å². The van der Waals surface area contributed by atoms with Crippen LogP contribution in [-0.2, 0) is 26.5 Å². The summed E-state index contributed by atoms with van der Waals surface area (Å²) in [6, 6.07) is 5.14. The predicted molar refractivity (Wildman–Crippen MR) is 96.7 cm³/mol. The van der Waals surface area contributed by atoms with Crippen LogP contribution in [0.1, 0.15) is 25.3 Å². The first-order valence-corrected chi connectivity index (χ1v) is 11.6. The van der Waals surface area contributed by atoms with Gasteiger partial charge in [-0.15, -0.1) is 0 Å². The Hall–Kier alpha value is -1.16. The second kappa shape index (κ2) is 8.03. The Morgan fingerprint density at radius 1 is 1.20 bits per heavy atom. The normalized spacial score (nSPS) is 17.6. The maximum Gasteiger partial charge on any atom is 0.244 e. The molecule has 1 aliphatic rings. The quantitative estimate of drug-likeness (QED) is 0.755. The van der Waals surface area contributed by atoms with E-state index in [2.05, 4.69) is 4.72 Å². The first kappa shape index (κ1) is 20.2. The predicted octanol–water partition coefficient (Wildman–Crippen LogP) is 1.21. The van der Waals surface area contributed by atoms with Gasteiger partial charge in [-0.1, -0.05) is 13.0 Å². The smallest absolute Gasteiger partial charge is 0.244 e. The Kier molecular flexibility index (Phi) is 6.47. The largest absolute Gasteiger partial charge is 0.495 e. The van der Waals surface area contributed by atoms with Crippen molar-refractivity contribution in [1.29, 1.82) is 0 Å². The van der Waals surface area contributed by atoms with Crippen molar-refractivity contribution in [2.45, 2.75) is 31.1 Å². The molecule has 2 rings (SSSR count). The Balaban J connectivity index is 2.03. The van der Waals surface area contributed by atoms with Crippen LogP contribution in [0.15, 0.2) is 23.1 Å². The lowest BCUT2D eigenvalue weighted by Crippen LogP contribution is -2.41. The maximum absolute atomic E-state index is 12.6. The average Bonchev–Trinajstić information content (AvgIpc) is 2.59. The van der Waals surface area contributed by atoms with Crippen molar-refractivity contribution < 1.29 is 21.6 Å². The summed E-state index contributed by atoms with van der Waals surface area (Å²) in [5.41, 5.74) is 0.919. The maximum atomic E-state index is 12.6. The summed E-state index contributed by atoms with van der Waals surface area (Å²) in [4.78, 5) is 0.142. The molecule has 0 saturated carbocycles. The van der Waals surface area contributed by atoms with E-state index < -0.39 is 20.0 Å². The molecule has 0 aromatic heterocycles. The van der Waals surface area contributed by atoms with Gasteiger partial charge in [-0.25, -0.2) is 25.9 Å². The molecule has 25 heavy (non-hydrogen) atoms. The highest BCUT2D eigenvalue weighted by Crippen LogP contribution is 2.26. The average molecular weight is 391 g/mol. The molecule has 1 fully saturated rings. The summed E-state index contributed by atoms with van der Waals surface area (Å²) in [6.45, 7) is 3.11. The Morgan fingerprint density at radius 2 is 1.84 bits per heavy atom. The first-order chi connectivity index (χ1) is 11.7. The van der Waals surface area contributed by atoms with Crippen molar-refractivity contribution in [2.75, 3.05) is 33.0 Å². The van der Waals surface area contributed by atoms with Crippen molar-refractivity contribution >= 4 is 20.0 Å². The van der Waals surface area contributed by atoms with Crippen LogP contribution in [-0.4, -0.2) is 54.1 Å². The second-order valence-electron chi connectivity index (χ2n) is 6.30. The molecule has 0 aliphatic carbocycles.